The molecule has 2 aromatic carbocycles. The van der Waals surface area contributed by atoms with E-state index in [4.69, 9.17) is 0 Å². The maximum atomic E-state index is 12.8. The van der Waals surface area contributed by atoms with E-state index in [2.05, 4.69) is 11.4 Å². The Morgan fingerprint density at radius 1 is 0.958 bits per heavy atom. The number of amides is 2. The van der Waals surface area contributed by atoms with Crippen LogP contribution in [0.3, 0.4) is 0 Å². The van der Waals surface area contributed by atoms with Gasteiger partial charge in [0, 0.05) is 19.9 Å². The number of nitrogens with zero attached hydrogens (tertiary/aromatic N) is 1. The van der Waals surface area contributed by atoms with E-state index in [9.17, 15) is 9.59 Å². The van der Waals surface area contributed by atoms with Crippen LogP contribution in [0.4, 0.5) is 5.69 Å². The molecule has 0 aromatic heterocycles. The number of carbonyl (C=O) groups excluding carboxylic acids is 2. The molecule has 1 heterocycles. The maximum absolute atomic E-state index is 12.8. The molecule has 0 spiro atoms. The molecule has 0 fully saturated rings. The quantitative estimate of drug-likeness (QED) is 0.944. The molecule has 0 radical (unpaired) electrons. The number of para-hydroxylation sites is 1. The van der Waals surface area contributed by atoms with Gasteiger partial charge in [0.2, 0.25) is 11.8 Å². The van der Waals surface area contributed by atoms with Crippen molar-refractivity contribution in [2.24, 2.45) is 0 Å². The number of fused-ring (bicyclic) bond motifs is 2. The molecule has 0 aliphatic carbocycles. The van der Waals surface area contributed by atoms with Gasteiger partial charge in [0.25, 0.3) is 0 Å². The van der Waals surface area contributed by atoms with Crippen molar-refractivity contribution in [1.29, 1.82) is 0 Å². The molecule has 24 heavy (non-hydrogen) atoms. The summed E-state index contributed by atoms with van der Waals surface area (Å²) in [6, 6.07) is 15.9. The second-order valence-corrected chi connectivity index (χ2v) is 5.74. The predicted molar refractivity (Wildman–Crippen MR) is 96.3 cm³/mol. The summed E-state index contributed by atoms with van der Waals surface area (Å²) in [7, 11) is 1.58. The summed E-state index contributed by atoms with van der Waals surface area (Å²) in [4.78, 5) is 26.0. The topological polar surface area (TPSA) is 49.4 Å². The Balaban J connectivity index is 1.96. The fourth-order valence-corrected chi connectivity index (χ4v) is 2.85. The third-order valence-electron chi connectivity index (χ3n) is 4.20. The van der Waals surface area contributed by atoms with Gasteiger partial charge in [0.05, 0.1) is 12.2 Å². The molecule has 0 atom stereocenters. The predicted octanol–water partition coefficient (Wildman–Crippen LogP) is 3.23. The summed E-state index contributed by atoms with van der Waals surface area (Å²) in [6.07, 6.45) is 4.51. The van der Waals surface area contributed by atoms with Gasteiger partial charge in [-0.2, -0.15) is 0 Å². The molecule has 2 amide bonds. The minimum atomic E-state index is -0.121. The van der Waals surface area contributed by atoms with Gasteiger partial charge in [-0.1, -0.05) is 54.6 Å². The highest BCUT2D eigenvalue weighted by Crippen LogP contribution is 2.29. The average Bonchev–Trinajstić information content (AvgIpc) is 2.61. The Morgan fingerprint density at radius 2 is 1.62 bits per heavy atom. The fraction of sp³-hybridized carbons (Fsp3) is 0.200. The Kier molecular flexibility index (Phi) is 4.75. The maximum Gasteiger partial charge on any atom is 0.227 e. The Bertz CT molecular complexity index is 796. The largest absolute Gasteiger partial charge is 0.359 e. The Labute approximate surface area is 141 Å². The van der Waals surface area contributed by atoms with E-state index in [1.165, 1.54) is 0 Å². The third kappa shape index (κ3) is 3.38. The van der Waals surface area contributed by atoms with Crippen LogP contribution in [0, 0.1) is 0 Å². The fourth-order valence-electron chi connectivity index (χ4n) is 2.85. The average molecular weight is 320 g/mol. The first-order valence-corrected chi connectivity index (χ1v) is 8.05. The molecule has 1 aliphatic heterocycles. The lowest BCUT2D eigenvalue weighted by molar-refractivity contribution is -0.125. The molecular formula is C20H20N2O2. The first kappa shape index (κ1) is 16.0. The molecule has 122 valence electrons. The third-order valence-corrected chi connectivity index (χ3v) is 4.20. The van der Waals surface area contributed by atoms with Gasteiger partial charge in [-0.25, -0.2) is 0 Å². The first-order valence-electron chi connectivity index (χ1n) is 8.05. The lowest BCUT2D eigenvalue weighted by Gasteiger charge is -2.27. The number of hydrogen-bond donors (Lipinski definition) is 1. The zero-order chi connectivity index (χ0) is 16.9. The molecule has 1 aliphatic rings. The second kappa shape index (κ2) is 7.13. The molecule has 0 saturated carbocycles. The summed E-state index contributed by atoms with van der Waals surface area (Å²) < 4.78 is 0. The second-order valence-electron chi connectivity index (χ2n) is 5.74. The van der Waals surface area contributed by atoms with E-state index in [1.54, 1.807) is 11.9 Å². The van der Waals surface area contributed by atoms with Gasteiger partial charge in [-0.15, -0.1) is 0 Å². The SMILES string of the molecule is CNC(=O)CCC(=O)N1Cc2ccccc2/C=C\c2ccccc21. The summed E-state index contributed by atoms with van der Waals surface area (Å²) in [5.41, 5.74) is 4.08. The number of nitrogens with one attached hydrogen (secondary N) is 1. The number of hydrogen-bond acceptors (Lipinski definition) is 2. The summed E-state index contributed by atoms with van der Waals surface area (Å²) >= 11 is 0. The van der Waals surface area contributed by atoms with Crippen molar-refractivity contribution in [3.8, 4) is 0 Å². The number of rotatable bonds is 3. The van der Waals surface area contributed by atoms with Gasteiger partial charge < -0.3 is 10.2 Å². The van der Waals surface area contributed by atoms with Gasteiger partial charge >= 0.3 is 0 Å². The summed E-state index contributed by atoms with van der Waals surface area (Å²) in [6.45, 7) is 0.504. The molecule has 0 bridgehead atoms. The zero-order valence-corrected chi connectivity index (χ0v) is 13.7. The molecule has 3 rings (SSSR count). The molecule has 2 aromatic rings. The van der Waals surface area contributed by atoms with Gasteiger partial charge in [0.1, 0.15) is 0 Å². The summed E-state index contributed by atoms with van der Waals surface area (Å²) in [5.74, 6) is -0.167. The van der Waals surface area contributed by atoms with E-state index in [0.717, 1.165) is 22.4 Å². The number of anilines is 1. The standard InChI is InChI=1S/C20H20N2O2/c1-21-19(23)12-13-20(24)22-14-17-8-3-2-6-15(17)10-11-16-7-4-5-9-18(16)22/h2-11H,12-14H2,1H3,(H,21,23)/b11-10-. The van der Waals surface area contributed by atoms with E-state index in [0.29, 0.717) is 6.54 Å². The van der Waals surface area contributed by atoms with Gasteiger partial charge in [-0.05, 0) is 22.8 Å². The highest BCUT2D eigenvalue weighted by molar-refractivity contribution is 5.98. The number of benzene rings is 2. The molecule has 0 saturated heterocycles. The van der Waals surface area contributed by atoms with E-state index >= 15 is 0 Å². The van der Waals surface area contributed by atoms with Crippen LogP contribution >= 0.6 is 0 Å². The molecule has 4 heteroatoms. The van der Waals surface area contributed by atoms with Crippen molar-refractivity contribution < 1.29 is 9.59 Å². The molecular weight excluding hydrogens is 300 g/mol. The Morgan fingerprint density at radius 3 is 2.42 bits per heavy atom. The monoisotopic (exact) mass is 320 g/mol. The van der Waals surface area contributed by atoms with Crippen LogP contribution in [0.1, 0.15) is 29.5 Å². The Hall–Kier alpha value is -2.88. The van der Waals surface area contributed by atoms with Crippen LogP contribution in [0.5, 0.6) is 0 Å². The molecule has 0 unspecified atom stereocenters. The van der Waals surface area contributed by atoms with Crippen molar-refractivity contribution in [3.63, 3.8) is 0 Å². The van der Waals surface area contributed by atoms with Crippen LogP contribution in [0.2, 0.25) is 0 Å². The zero-order valence-electron chi connectivity index (χ0n) is 13.7. The molecule has 4 nitrogen and oxygen atoms in total. The van der Waals surface area contributed by atoms with Crippen molar-refractivity contribution in [3.05, 3.63) is 65.2 Å². The summed E-state index contributed by atoms with van der Waals surface area (Å²) in [5, 5.41) is 2.56. The first-order chi connectivity index (χ1) is 11.7. The van der Waals surface area contributed by atoms with Crippen molar-refractivity contribution in [2.75, 3.05) is 11.9 Å². The van der Waals surface area contributed by atoms with Gasteiger partial charge in [0.15, 0.2) is 0 Å². The van der Waals surface area contributed by atoms with Crippen LogP contribution < -0.4 is 10.2 Å². The normalized spacial score (nSPS) is 14.0. The van der Waals surface area contributed by atoms with Crippen LogP contribution in [0.15, 0.2) is 48.5 Å². The van der Waals surface area contributed by atoms with Gasteiger partial charge in [-0.3, -0.25) is 9.59 Å². The highest BCUT2D eigenvalue weighted by atomic mass is 16.2. The lowest BCUT2D eigenvalue weighted by atomic mass is 10.0. The highest BCUT2D eigenvalue weighted by Gasteiger charge is 2.21. The van der Waals surface area contributed by atoms with E-state index in [1.807, 2.05) is 54.6 Å². The van der Waals surface area contributed by atoms with Crippen LogP contribution in [-0.4, -0.2) is 18.9 Å². The van der Waals surface area contributed by atoms with Crippen LogP contribution in [0.25, 0.3) is 12.2 Å². The minimum Gasteiger partial charge on any atom is -0.359 e. The number of carbonyl (C=O) groups is 2. The van der Waals surface area contributed by atoms with Crippen molar-refractivity contribution >= 4 is 29.7 Å². The van der Waals surface area contributed by atoms with Crippen molar-refractivity contribution in [1.82, 2.24) is 5.32 Å². The van der Waals surface area contributed by atoms with Crippen molar-refractivity contribution in [2.45, 2.75) is 19.4 Å². The smallest absolute Gasteiger partial charge is 0.227 e. The lowest BCUT2D eigenvalue weighted by Crippen LogP contribution is -2.32. The minimum absolute atomic E-state index is 0.0452. The van der Waals surface area contributed by atoms with E-state index in [-0.39, 0.29) is 24.7 Å². The van der Waals surface area contributed by atoms with Crippen LogP contribution in [-0.2, 0) is 16.1 Å². The molecule has 1 N–H and O–H groups in total. The van der Waals surface area contributed by atoms with E-state index < -0.39 is 0 Å².